The number of hydrogen-bond donors (Lipinski definition) is 0. The van der Waals surface area contributed by atoms with Crippen molar-refractivity contribution in [2.75, 3.05) is 27.5 Å². The van der Waals surface area contributed by atoms with Crippen LogP contribution in [-0.2, 0) is 23.1 Å². The Bertz CT molecular complexity index is 263. The Balaban J connectivity index is 4.41. The van der Waals surface area contributed by atoms with E-state index in [-0.39, 0.29) is 6.16 Å². The van der Waals surface area contributed by atoms with Crippen LogP contribution in [0.15, 0.2) is 11.6 Å². The molecule has 0 amide bonds. The van der Waals surface area contributed by atoms with Crippen LogP contribution in [0.4, 0.5) is 0 Å². The van der Waals surface area contributed by atoms with Gasteiger partial charge in [0.05, 0.1) is 13.3 Å². The van der Waals surface area contributed by atoms with Crippen molar-refractivity contribution in [3.63, 3.8) is 0 Å². The van der Waals surface area contributed by atoms with Gasteiger partial charge in [-0.3, -0.25) is 4.57 Å². The fourth-order valence-corrected chi connectivity index (χ4v) is 1.66. The maximum Gasteiger partial charge on any atom is 0.333 e. The van der Waals surface area contributed by atoms with Crippen molar-refractivity contribution in [2.45, 2.75) is 6.92 Å². The molecule has 0 fully saturated rings. The zero-order chi connectivity index (χ0) is 11.2. The molecule has 0 saturated heterocycles. The highest BCUT2D eigenvalue weighted by molar-refractivity contribution is 7.54. The summed E-state index contributed by atoms with van der Waals surface area (Å²) in [5.41, 5.74) is 0.377. The number of allylic oxidation sites excluding steroid dienone is 1. The van der Waals surface area contributed by atoms with Gasteiger partial charge in [-0.05, 0) is 6.92 Å². The van der Waals surface area contributed by atoms with Gasteiger partial charge in [-0.25, -0.2) is 4.79 Å². The third-order valence-corrected chi connectivity index (χ3v) is 3.43. The smallest absolute Gasteiger partial charge is 0.333 e. The minimum Gasteiger partial charge on any atom is -0.466 e. The second kappa shape index (κ2) is 5.96. The van der Waals surface area contributed by atoms with E-state index in [0.717, 1.165) is 0 Å². The molecule has 0 atom stereocenters. The van der Waals surface area contributed by atoms with Crippen molar-refractivity contribution in [3.8, 4) is 0 Å². The summed E-state index contributed by atoms with van der Waals surface area (Å²) in [5, 5.41) is 0. The molecule has 0 aromatic heterocycles. The molecular formula is C8H15O5P. The monoisotopic (exact) mass is 222 g/mol. The van der Waals surface area contributed by atoms with Crippen LogP contribution in [0, 0.1) is 0 Å². The van der Waals surface area contributed by atoms with Crippen LogP contribution in [-0.4, -0.2) is 33.5 Å². The molecule has 0 aromatic carbocycles. The van der Waals surface area contributed by atoms with E-state index in [4.69, 9.17) is 0 Å². The SMILES string of the molecule is COC(=O)/C(C)=C/CP(=O)(OC)OC. The van der Waals surface area contributed by atoms with Gasteiger partial charge in [-0.15, -0.1) is 0 Å². The van der Waals surface area contributed by atoms with Crippen molar-refractivity contribution in [1.82, 2.24) is 0 Å². The van der Waals surface area contributed by atoms with Crippen molar-refractivity contribution >= 4 is 13.6 Å². The van der Waals surface area contributed by atoms with Crippen LogP contribution in [0.25, 0.3) is 0 Å². The van der Waals surface area contributed by atoms with Crippen LogP contribution in [0.3, 0.4) is 0 Å². The third kappa shape index (κ3) is 4.05. The summed E-state index contributed by atoms with van der Waals surface area (Å²) in [4.78, 5) is 10.9. The summed E-state index contributed by atoms with van der Waals surface area (Å²) in [5.74, 6) is -0.455. The van der Waals surface area contributed by atoms with Gasteiger partial charge in [0, 0.05) is 19.8 Å². The van der Waals surface area contributed by atoms with Crippen molar-refractivity contribution in [2.24, 2.45) is 0 Å². The van der Waals surface area contributed by atoms with Gasteiger partial charge in [-0.1, -0.05) is 6.08 Å². The summed E-state index contributed by atoms with van der Waals surface area (Å²) < 4.78 is 25.4. The fourth-order valence-electron chi connectivity index (χ4n) is 0.717. The van der Waals surface area contributed by atoms with E-state index in [1.807, 2.05) is 0 Å². The maximum absolute atomic E-state index is 11.5. The first-order chi connectivity index (χ1) is 6.49. The maximum atomic E-state index is 11.5. The summed E-state index contributed by atoms with van der Waals surface area (Å²) in [6, 6.07) is 0. The second-order valence-corrected chi connectivity index (χ2v) is 4.85. The first kappa shape index (κ1) is 13.4. The Labute approximate surface area is 83.6 Å². The van der Waals surface area contributed by atoms with Crippen LogP contribution in [0.2, 0.25) is 0 Å². The summed E-state index contributed by atoms with van der Waals surface area (Å²) in [6.07, 6.45) is 1.53. The molecule has 0 aliphatic heterocycles. The van der Waals surface area contributed by atoms with E-state index in [0.29, 0.717) is 5.57 Å². The lowest BCUT2D eigenvalue weighted by Gasteiger charge is -2.11. The molecular weight excluding hydrogens is 207 g/mol. The quantitative estimate of drug-likeness (QED) is 0.401. The van der Waals surface area contributed by atoms with Crippen molar-refractivity contribution < 1.29 is 23.1 Å². The number of hydrogen-bond acceptors (Lipinski definition) is 5. The van der Waals surface area contributed by atoms with Gasteiger partial charge in [-0.2, -0.15) is 0 Å². The molecule has 0 aliphatic carbocycles. The summed E-state index contributed by atoms with van der Waals surface area (Å²) in [7, 11) is 0.809. The van der Waals surface area contributed by atoms with E-state index in [1.165, 1.54) is 27.4 Å². The second-order valence-electron chi connectivity index (χ2n) is 2.54. The Morgan fingerprint density at radius 1 is 1.29 bits per heavy atom. The molecule has 0 saturated carbocycles. The topological polar surface area (TPSA) is 61.8 Å². The highest BCUT2D eigenvalue weighted by atomic mass is 31.2. The standard InChI is InChI=1S/C8H15O5P/c1-7(8(9)11-2)5-6-14(10,12-3)13-4/h5H,6H2,1-4H3/b7-5+. The molecule has 0 bridgehead atoms. The van der Waals surface area contributed by atoms with E-state index in [2.05, 4.69) is 13.8 Å². The predicted octanol–water partition coefficient (Wildman–Crippen LogP) is 1.59. The average molecular weight is 222 g/mol. The summed E-state index contributed by atoms with van der Waals surface area (Å²) >= 11 is 0. The molecule has 0 radical (unpaired) electrons. The molecule has 0 rings (SSSR count). The van der Waals surface area contributed by atoms with Gasteiger partial charge in [0.1, 0.15) is 0 Å². The first-order valence-electron chi connectivity index (χ1n) is 3.94. The Kier molecular flexibility index (Phi) is 5.69. The highest BCUT2D eigenvalue weighted by Crippen LogP contribution is 2.46. The van der Waals surface area contributed by atoms with E-state index in [1.54, 1.807) is 6.92 Å². The van der Waals surface area contributed by atoms with Gasteiger partial charge >= 0.3 is 13.6 Å². The number of ether oxygens (including phenoxy) is 1. The van der Waals surface area contributed by atoms with Crippen LogP contribution >= 0.6 is 7.60 Å². The Morgan fingerprint density at radius 2 is 1.79 bits per heavy atom. The number of rotatable bonds is 5. The van der Waals surface area contributed by atoms with Gasteiger partial charge < -0.3 is 13.8 Å². The molecule has 0 heterocycles. The Morgan fingerprint density at radius 3 is 2.14 bits per heavy atom. The molecule has 14 heavy (non-hydrogen) atoms. The normalized spacial score (nSPS) is 12.7. The molecule has 0 N–H and O–H groups in total. The molecule has 5 nitrogen and oxygen atoms in total. The number of carbonyl (C=O) groups is 1. The molecule has 6 heteroatoms. The highest BCUT2D eigenvalue weighted by Gasteiger charge is 2.19. The molecule has 0 spiro atoms. The predicted molar refractivity (Wildman–Crippen MR) is 52.3 cm³/mol. The fraction of sp³-hybridized carbons (Fsp3) is 0.625. The van der Waals surface area contributed by atoms with Crippen LogP contribution < -0.4 is 0 Å². The van der Waals surface area contributed by atoms with Crippen molar-refractivity contribution in [1.29, 1.82) is 0 Å². The van der Waals surface area contributed by atoms with E-state index in [9.17, 15) is 9.36 Å². The van der Waals surface area contributed by atoms with Crippen molar-refractivity contribution in [3.05, 3.63) is 11.6 Å². The van der Waals surface area contributed by atoms with Crippen LogP contribution in [0.5, 0.6) is 0 Å². The largest absolute Gasteiger partial charge is 0.466 e. The zero-order valence-corrected chi connectivity index (χ0v) is 9.67. The lowest BCUT2D eigenvalue weighted by molar-refractivity contribution is -0.136. The average Bonchev–Trinajstić information content (AvgIpc) is 2.24. The van der Waals surface area contributed by atoms with Gasteiger partial charge in [0.2, 0.25) is 0 Å². The minimum atomic E-state index is -3.07. The van der Waals surface area contributed by atoms with E-state index < -0.39 is 13.6 Å². The van der Waals surface area contributed by atoms with E-state index >= 15 is 0 Å². The van der Waals surface area contributed by atoms with Crippen LogP contribution in [0.1, 0.15) is 6.92 Å². The Hall–Kier alpha value is -0.640. The lowest BCUT2D eigenvalue weighted by Crippen LogP contribution is -2.03. The number of esters is 1. The molecule has 0 aliphatic rings. The van der Waals surface area contributed by atoms with Gasteiger partial charge in [0.15, 0.2) is 0 Å². The third-order valence-electron chi connectivity index (χ3n) is 1.68. The minimum absolute atomic E-state index is 0.0565. The van der Waals surface area contributed by atoms with Gasteiger partial charge in [0.25, 0.3) is 0 Å². The molecule has 0 aromatic rings. The number of carbonyl (C=O) groups excluding carboxylic acids is 1. The first-order valence-corrected chi connectivity index (χ1v) is 5.67. The molecule has 82 valence electrons. The lowest BCUT2D eigenvalue weighted by atomic mass is 10.3. The molecule has 0 unspecified atom stereocenters. The number of methoxy groups -OCH3 is 1. The summed E-state index contributed by atoms with van der Waals surface area (Å²) in [6.45, 7) is 1.57. The zero-order valence-electron chi connectivity index (χ0n) is 8.77.